The van der Waals surface area contributed by atoms with Crippen LogP contribution in [0.4, 0.5) is 5.82 Å². The maximum atomic E-state index is 14.1. The highest BCUT2D eigenvalue weighted by Crippen LogP contribution is 2.19. The van der Waals surface area contributed by atoms with Crippen molar-refractivity contribution in [3.8, 4) is 0 Å². The molecule has 0 spiro atoms. The molecule has 0 fully saturated rings. The smallest absolute Gasteiger partial charge is 0.246 e. The van der Waals surface area contributed by atoms with Gasteiger partial charge in [0.25, 0.3) is 0 Å². The van der Waals surface area contributed by atoms with Crippen molar-refractivity contribution in [2.75, 3.05) is 32.1 Å². The van der Waals surface area contributed by atoms with Gasteiger partial charge in [-0.05, 0) is 101 Å². The minimum Gasteiger partial charge on any atom is -0.449 e. The van der Waals surface area contributed by atoms with E-state index in [1.165, 1.54) is 54.7 Å². The molecule has 1 aromatic rings. The molecular formula is C50H89N11O11. The average molecular weight is 1020 g/mol. The Morgan fingerprint density at radius 1 is 0.681 bits per heavy atom. The Labute approximate surface area is 427 Å². The first-order valence-corrected chi connectivity index (χ1v) is 25.3. The molecule has 0 aliphatic heterocycles. The fraction of sp³-hybridized carbons (Fsp3) is 0.760. The van der Waals surface area contributed by atoms with Gasteiger partial charge in [-0.1, -0.05) is 73.1 Å². The number of likely N-dealkylation sites (N-methyl/N-ethyl adjacent to an activating group) is 1. The van der Waals surface area contributed by atoms with Crippen LogP contribution < -0.4 is 47.4 Å². The molecule has 22 heteroatoms. The number of aromatic nitrogens is 1. The summed E-state index contributed by atoms with van der Waals surface area (Å²) in [5.74, 6) is -5.55. The van der Waals surface area contributed by atoms with Crippen molar-refractivity contribution in [1.29, 1.82) is 0 Å². The lowest BCUT2D eigenvalue weighted by Crippen LogP contribution is -2.65. The molecule has 1 rings (SSSR count). The SMILES string of the molecule is CCCCCCCC[C@@H](C(=O)N[C@H](C(=O)NC(C)(C)C(=O)N[C@@H](CC(C)C)C(=O)N[C@@H](CC(C)C)C(=O)NC(C)(C)C(=O)NC(C)(C)C(=O)NCCC(=O)N[C@@H](C)CN(C)C)[C@@H](C)O)N(C=O)c1cocn1. The molecule has 1 heterocycles. The molecular weight excluding hydrogens is 931 g/mol. The second-order valence-electron chi connectivity index (χ2n) is 21.5. The van der Waals surface area contributed by atoms with E-state index in [0.717, 1.165) is 43.4 Å². The molecule has 0 bridgehead atoms. The Balaban J connectivity index is 3.16. The summed E-state index contributed by atoms with van der Waals surface area (Å²) in [6.07, 6.45) is 7.27. The van der Waals surface area contributed by atoms with Gasteiger partial charge in [0.15, 0.2) is 12.2 Å². The number of amides is 9. The first-order chi connectivity index (χ1) is 33.4. The van der Waals surface area contributed by atoms with Crippen LogP contribution in [-0.4, -0.2) is 149 Å². The molecule has 22 nitrogen and oxygen atoms in total. The van der Waals surface area contributed by atoms with E-state index in [1.54, 1.807) is 0 Å². The van der Waals surface area contributed by atoms with Crippen molar-refractivity contribution in [3.05, 3.63) is 12.7 Å². The van der Waals surface area contributed by atoms with Crippen LogP contribution in [0, 0.1) is 11.8 Å². The third-order valence-corrected chi connectivity index (χ3v) is 11.7. The number of aliphatic hydroxyl groups excluding tert-OH is 1. The van der Waals surface area contributed by atoms with Gasteiger partial charge in [0.05, 0.1) is 6.10 Å². The van der Waals surface area contributed by atoms with Crippen LogP contribution in [0.1, 0.15) is 154 Å². The molecule has 9 amide bonds. The number of anilines is 1. The van der Waals surface area contributed by atoms with Gasteiger partial charge in [-0.25, -0.2) is 0 Å². The molecule has 410 valence electrons. The zero-order valence-corrected chi connectivity index (χ0v) is 45.7. The zero-order chi connectivity index (χ0) is 55.1. The van der Waals surface area contributed by atoms with Crippen LogP contribution >= 0.6 is 0 Å². The Morgan fingerprint density at radius 3 is 1.75 bits per heavy atom. The molecule has 0 saturated carbocycles. The highest BCUT2D eigenvalue weighted by molar-refractivity contribution is 6.00. The largest absolute Gasteiger partial charge is 0.449 e. The molecule has 9 N–H and O–H groups in total. The number of carbonyl (C=O) groups excluding carboxylic acids is 9. The molecule has 0 aliphatic rings. The summed E-state index contributed by atoms with van der Waals surface area (Å²) in [6, 6.07) is -5.17. The topological polar surface area (TPSA) is 303 Å². The van der Waals surface area contributed by atoms with E-state index in [1.807, 2.05) is 53.6 Å². The Bertz CT molecular complexity index is 1920. The first-order valence-electron chi connectivity index (χ1n) is 25.3. The summed E-state index contributed by atoms with van der Waals surface area (Å²) in [5.41, 5.74) is -4.77. The number of aliphatic hydroxyl groups is 1. The van der Waals surface area contributed by atoms with Crippen LogP contribution in [0.5, 0.6) is 0 Å². The lowest BCUT2D eigenvalue weighted by atomic mass is 9.96. The predicted octanol–water partition coefficient (Wildman–Crippen LogP) is 1.94. The number of carbonyl (C=O) groups is 9. The van der Waals surface area contributed by atoms with Crippen LogP contribution in [-0.2, 0) is 43.2 Å². The standard InChI is InChI=1S/C50H89N11O11/c1-16-17-18-19-20-21-22-37(61(30-62)38-28-72-29-52-38)43(67)56-40(34(7)63)44(68)58-49(10,11)46(70)55-35(25-31(2)3)41(65)54-36(26-32(4)5)42(66)57-50(12,13)47(71)59-48(8,9)45(69)51-24-23-39(64)53-33(6)27-60(14)15/h28-37,40,63H,16-27H2,1-15H3,(H,51,69)(H,53,64)(H,54,65)(H,55,70)(H,56,67)(H,57,66)(H,58,68)(H,59,71)/t33-,34+,35-,36-,37-,40-/m0/s1. The van der Waals surface area contributed by atoms with Crippen molar-refractivity contribution in [2.24, 2.45) is 11.8 Å². The highest BCUT2D eigenvalue weighted by Gasteiger charge is 2.41. The van der Waals surface area contributed by atoms with Gasteiger partial charge in [-0.2, -0.15) is 4.98 Å². The molecule has 0 radical (unpaired) electrons. The number of oxazole rings is 1. The lowest BCUT2D eigenvalue weighted by Gasteiger charge is -2.34. The van der Waals surface area contributed by atoms with E-state index in [2.05, 4.69) is 54.4 Å². The molecule has 72 heavy (non-hydrogen) atoms. The number of rotatable bonds is 34. The molecule has 0 aliphatic carbocycles. The quantitative estimate of drug-likeness (QED) is 0.0353. The fourth-order valence-electron chi connectivity index (χ4n) is 7.65. The average Bonchev–Trinajstić information content (AvgIpc) is 3.79. The summed E-state index contributed by atoms with van der Waals surface area (Å²) < 4.78 is 5.05. The molecule has 0 unspecified atom stereocenters. The highest BCUT2D eigenvalue weighted by atomic mass is 16.3. The van der Waals surface area contributed by atoms with Crippen molar-refractivity contribution in [3.63, 3.8) is 0 Å². The van der Waals surface area contributed by atoms with Gasteiger partial charge in [-0.3, -0.25) is 48.1 Å². The van der Waals surface area contributed by atoms with E-state index >= 15 is 0 Å². The van der Waals surface area contributed by atoms with Crippen molar-refractivity contribution >= 4 is 59.5 Å². The second kappa shape index (κ2) is 30.4. The minimum atomic E-state index is -1.73. The van der Waals surface area contributed by atoms with E-state index in [0.29, 0.717) is 19.4 Å². The predicted molar refractivity (Wildman–Crippen MR) is 274 cm³/mol. The zero-order valence-electron chi connectivity index (χ0n) is 45.7. The Kier molecular flexibility index (Phi) is 27.2. The van der Waals surface area contributed by atoms with Gasteiger partial charge in [0.2, 0.25) is 53.7 Å². The van der Waals surface area contributed by atoms with Crippen LogP contribution in [0.3, 0.4) is 0 Å². The van der Waals surface area contributed by atoms with Gasteiger partial charge in [0.1, 0.15) is 47.0 Å². The van der Waals surface area contributed by atoms with E-state index < -0.39 is 88.2 Å². The Hall–Kier alpha value is -5.64. The van der Waals surface area contributed by atoms with Crippen LogP contribution in [0.25, 0.3) is 0 Å². The number of nitrogens with zero attached hydrogens (tertiary/aromatic N) is 3. The van der Waals surface area contributed by atoms with Crippen LogP contribution in [0.15, 0.2) is 17.1 Å². The summed E-state index contributed by atoms with van der Waals surface area (Å²) >= 11 is 0. The Morgan fingerprint density at radius 2 is 1.22 bits per heavy atom. The maximum absolute atomic E-state index is 14.1. The number of hydrogen-bond acceptors (Lipinski definition) is 13. The lowest BCUT2D eigenvalue weighted by molar-refractivity contribution is -0.139. The van der Waals surface area contributed by atoms with Crippen molar-refractivity contribution in [1.82, 2.24) is 52.4 Å². The number of unbranched alkanes of at least 4 members (excludes halogenated alkanes) is 5. The van der Waals surface area contributed by atoms with Gasteiger partial charge < -0.3 is 57.0 Å². The second-order valence-corrected chi connectivity index (χ2v) is 21.5. The van der Waals surface area contributed by atoms with Crippen LogP contribution in [0.2, 0.25) is 0 Å². The molecule has 6 atom stereocenters. The molecule has 0 aromatic carbocycles. The summed E-state index contributed by atoms with van der Waals surface area (Å²) in [5, 5.41) is 32.2. The normalized spacial score (nSPS) is 14.5. The summed E-state index contributed by atoms with van der Waals surface area (Å²) in [4.78, 5) is 128. The van der Waals surface area contributed by atoms with Crippen molar-refractivity contribution in [2.45, 2.75) is 207 Å². The van der Waals surface area contributed by atoms with Gasteiger partial charge in [0, 0.05) is 25.6 Å². The maximum Gasteiger partial charge on any atom is 0.246 e. The molecule has 0 saturated heterocycles. The summed E-state index contributed by atoms with van der Waals surface area (Å²) in [7, 11) is 3.78. The van der Waals surface area contributed by atoms with E-state index in [-0.39, 0.29) is 61.8 Å². The first kappa shape index (κ1) is 64.4. The van der Waals surface area contributed by atoms with Gasteiger partial charge >= 0.3 is 0 Å². The number of hydrogen-bond donors (Lipinski definition) is 9. The monoisotopic (exact) mass is 1020 g/mol. The minimum absolute atomic E-state index is 0.0244. The molecule has 1 aromatic heterocycles. The van der Waals surface area contributed by atoms with E-state index in [9.17, 15) is 48.3 Å². The van der Waals surface area contributed by atoms with Gasteiger partial charge in [-0.15, -0.1) is 0 Å². The van der Waals surface area contributed by atoms with Crippen molar-refractivity contribution < 1.29 is 52.7 Å². The number of nitrogens with one attached hydrogen (secondary N) is 8. The fourth-order valence-corrected chi connectivity index (χ4v) is 7.65. The summed E-state index contributed by atoms with van der Waals surface area (Å²) in [6.45, 7) is 21.9. The van der Waals surface area contributed by atoms with E-state index in [4.69, 9.17) is 4.42 Å². The third-order valence-electron chi connectivity index (χ3n) is 11.7. The third kappa shape index (κ3) is 22.8.